The topological polar surface area (TPSA) is 43.9 Å². The van der Waals surface area contributed by atoms with Gasteiger partial charge in [0.05, 0.1) is 15.7 Å². The van der Waals surface area contributed by atoms with Gasteiger partial charge in [0.25, 0.3) is 0 Å². The minimum absolute atomic E-state index is 0.647. The van der Waals surface area contributed by atoms with E-state index in [0.29, 0.717) is 11.4 Å². The van der Waals surface area contributed by atoms with Crippen molar-refractivity contribution in [3.05, 3.63) is 200 Å². The Morgan fingerprint density at radius 1 is 0.410 bits per heavy atom. The van der Waals surface area contributed by atoms with Gasteiger partial charge in [-0.1, -0.05) is 158 Å². The molecule has 4 heterocycles. The molecule has 0 aliphatic carbocycles. The van der Waals surface area contributed by atoms with Gasteiger partial charge in [-0.3, -0.25) is 4.57 Å². The van der Waals surface area contributed by atoms with Gasteiger partial charge in [-0.2, -0.15) is 0 Å². The average molecular weight is 796 g/mol. The third kappa shape index (κ3) is 5.24. The summed E-state index contributed by atoms with van der Waals surface area (Å²) in [5.41, 5.74) is 12.4. The van der Waals surface area contributed by atoms with Crippen LogP contribution in [0, 0.1) is 0 Å². The van der Waals surface area contributed by atoms with Gasteiger partial charge >= 0.3 is 0 Å². The van der Waals surface area contributed by atoms with E-state index in [0.717, 1.165) is 55.4 Å². The monoisotopic (exact) mass is 795 g/mol. The Bertz CT molecular complexity index is 3880. The van der Waals surface area contributed by atoms with Gasteiger partial charge in [0.1, 0.15) is 11.1 Å². The first-order valence-corrected chi connectivity index (χ1v) is 21.4. The predicted molar refractivity (Wildman–Crippen MR) is 256 cm³/mol. The fourth-order valence-corrected chi connectivity index (χ4v) is 10.7. The van der Waals surface area contributed by atoms with Gasteiger partial charge in [0.15, 0.2) is 17.2 Å². The van der Waals surface area contributed by atoms with E-state index in [1.807, 2.05) is 35.6 Å². The maximum absolute atomic E-state index is 6.81. The number of hydrogen-bond acceptors (Lipinski definition) is 4. The van der Waals surface area contributed by atoms with Crippen molar-refractivity contribution in [2.45, 2.75) is 0 Å². The molecule has 0 aliphatic rings. The molecule has 284 valence electrons. The minimum Gasteiger partial charge on any atom is -0.450 e. The Hall–Kier alpha value is -7.86. The highest BCUT2D eigenvalue weighted by atomic mass is 32.1. The lowest BCUT2D eigenvalue weighted by molar-refractivity contribution is 0.662. The molecule has 0 spiro atoms. The Labute approximate surface area is 354 Å². The number of para-hydroxylation sites is 2. The van der Waals surface area contributed by atoms with Crippen LogP contribution in [0.1, 0.15) is 0 Å². The Morgan fingerprint density at radius 3 is 1.77 bits per heavy atom. The SMILES string of the molecule is c1ccc(-c2cccc(-c3ccc4c(c3)c3c5ccccc5sc3c3c4c4ccccc4n3-c3nc(-c4cccc(-c5ccccc5)c4)nc4c3oc3ccccc34)c2)cc1. The Kier molecular flexibility index (Phi) is 7.44. The highest BCUT2D eigenvalue weighted by Crippen LogP contribution is 2.49. The van der Waals surface area contributed by atoms with Crippen LogP contribution < -0.4 is 0 Å². The number of thiophene rings is 1. The zero-order valence-electron chi connectivity index (χ0n) is 32.7. The highest BCUT2D eigenvalue weighted by molar-refractivity contribution is 7.27. The van der Waals surface area contributed by atoms with Gasteiger partial charge in [-0.25, -0.2) is 9.97 Å². The molecule has 4 nitrogen and oxygen atoms in total. The number of aromatic nitrogens is 3. The number of fused-ring (bicyclic) bond motifs is 13. The molecule has 13 aromatic rings. The predicted octanol–water partition coefficient (Wildman–Crippen LogP) is 15.7. The summed E-state index contributed by atoms with van der Waals surface area (Å²) in [5.74, 6) is 1.37. The summed E-state index contributed by atoms with van der Waals surface area (Å²) in [6, 6.07) is 71.3. The van der Waals surface area contributed by atoms with Crippen LogP contribution in [-0.4, -0.2) is 14.5 Å². The van der Waals surface area contributed by atoms with Gasteiger partial charge in [-0.15, -0.1) is 11.3 Å². The second-order valence-corrected chi connectivity index (χ2v) is 16.7. The largest absolute Gasteiger partial charge is 0.450 e. The van der Waals surface area contributed by atoms with Crippen LogP contribution in [0.25, 0.3) is 125 Å². The molecular weight excluding hydrogens is 763 g/mol. The third-order valence-corrected chi connectivity index (χ3v) is 13.4. The zero-order chi connectivity index (χ0) is 40.0. The van der Waals surface area contributed by atoms with Crippen molar-refractivity contribution < 1.29 is 4.42 Å². The molecule has 0 unspecified atom stereocenters. The molecule has 0 amide bonds. The zero-order valence-corrected chi connectivity index (χ0v) is 33.5. The van der Waals surface area contributed by atoms with Crippen LogP contribution in [0.4, 0.5) is 0 Å². The van der Waals surface area contributed by atoms with Crippen molar-refractivity contribution in [1.82, 2.24) is 14.5 Å². The van der Waals surface area contributed by atoms with Crippen LogP contribution >= 0.6 is 11.3 Å². The molecule has 0 fully saturated rings. The Morgan fingerprint density at radius 2 is 1.00 bits per heavy atom. The minimum atomic E-state index is 0.647. The van der Waals surface area contributed by atoms with Crippen LogP contribution in [0.5, 0.6) is 0 Å². The van der Waals surface area contributed by atoms with Crippen LogP contribution in [0.15, 0.2) is 205 Å². The second kappa shape index (κ2) is 13.3. The molecule has 0 radical (unpaired) electrons. The molecule has 5 heteroatoms. The van der Waals surface area contributed by atoms with Crippen molar-refractivity contribution in [2.24, 2.45) is 0 Å². The molecular formula is C56H33N3OS. The first-order chi connectivity index (χ1) is 30.2. The number of rotatable bonds is 5. The van der Waals surface area contributed by atoms with Crippen molar-refractivity contribution in [3.8, 4) is 50.6 Å². The summed E-state index contributed by atoms with van der Waals surface area (Å²) in [7, 11) is 0. The maximum atomic E-state index is 6.81. The van der Waals surface area contributed by atoms with Crippen LogP contribution in [0.3, 0.4) is 0 Å². The summed E-state index contributed by atoms with van der Waals surface area (Å²) in [4.78, 5) is 10.8. The molecule has 9 aromatic carbocycles. The van der Waals surface area contributed by atoms with E-state index in [1.165, 1.54) is 58.6 Å². The van der Waals surface area contributed by atoms with E-state index in [4.69, 9.17) is 14.4 Å². The van der Waals surface area contributed by atoms with Crippen LogP contribution in [0.2, 0.25) is 0 Å². The Balaban J connectivity index is 1.14. The van der Waals surface area contributed by atoms with Gasteiger partial charge in [-0.05, 0) is 86.6 Å². The summed E-state index contributed by atoms with van der Waals surface area (Å²) >= 11 is 1.85. The number of benzene rings is 9. The van der Waals surface area contributed by atoms with E-state index in [9.17, 15) is 0 Å². The lowest BCUT2D eigenvalue weighted by Crippen LogP contribution is -2.02. The molecule has 0 atom stereocenters. The van der Waals surface area contributed by atoms with Crippen molar-refractivity contribution >= 4 is 86.2 Å². The van der Waals surface area contributed by atoms with E-state index in [-0.39, 0.29) is 0 Å². The normalized spacial score (nSPS) is 11.9. The lowest BCUT2D eigenvalue weighted by atomic mass is 9.94. The first kappa shape index (κ1) is 34.0. The van der Waals surface area contributed by atoms with Crippen molar-refractivity contribution in [1.29, 1.82) is 0 Å². The van der Waals surface area contributed by atoms with E-state index >= 15 is 0 Å². The molecule has 0 N–H and O–H groups in total. The highest BCUT2D eigenvalue weighted by Gasteiger charge is 2.26. The van der Waals surface area contributed by atoms with E-state index in [2.05, 4.69) is 180 Å². The molecule has 0 aliphatic heterocycles. The third-order valence-electron chi connectivity index (χ3n) is 12.2. The van der Waals surface area contributed by atoms with Gasteiger partial charge < -0.3 is 4.42 Å². The fourth-order valence-electron chi connectivity index (χ4n) is 9.41. The van der Waals surface area contributed by atoms with Crippen LogP contribution in [-0.2, 0) is 0 Å². The number of nitrogens with zero attached hydrogens (tertiary/aromatic N) is 3. The summed E-state index contributed by atoms with van der Waals surface area (Å²) in [5, 5.41) is 8.26. The number of hydrogen-bond donors (Lipinski definition) is 0. The first-order valence-electron chi connectivity index (χ1n) is 20.6. The smallest absolute Gasteiger partial charge is 0.197 e. The summed E-state index contributed by atoms with van der Waals surface area (Å²) in [6.07, 6.45) is 0. The van der Waals surface area contributed by atoms with E-state index < -0.39 is 0 Å². The van der Waals surface area contributed by atoms with Crippen molar-refractivity contribution in [3.63, 3.8) is 0 Å². The molecule has 4 aromatic heterocycles. The maximum Gasteiger partial charge on any atom is 0.197 e. The van der Waals surface area contributed by atoms with Crippen molar-refractivity contribution in [2.75, 3.05) is 0 Å². The average Bonchev–Trinajstić information content (AvgIpc) is 4.02. The molecule has 0 saturated heterocycles. The fraction of sp³-hybridized carbons (Fsp3) is 0. The lowest BCUT2D eigenvalue weighted by Gasteiger charge is -2.13. The molecule has 0 saturated carbocycles. The quantitative estimate of drug-likeness (QED) is 0.174. The number of furan rings is 1. The standard InChI is InChI=1S/C56H33N3OS/c1-3-15-34(16-4-1)36-19-13-21-38(31-36)39-29-30-41-45(33-39)50-44-25-9-12-28-48(44)61-54(50)52-49(41)42-23-7-10-26-46(42)59(52)56-53-51(43-24-8-11-27-47(43)60-53)57-55(58-56)40-22-14-20-37(32-40)35-17-5-2-6-18-35/h1-33H. The van der Waals surface area contributed by atoms with E-state index in [1.54, 1.807) is 0 Å². The summed E-state index contributed by atoms with van der Waals surface area (Å²) < 4.78 is 11.6. The van der Waals surface area contributed by atoms with Gasteiger partial charge in [0.2, 0.25) is 0 Å². The van der Waals surface area contributed by atoms with Gasteiger partial charge in [0, 0.05) is 37.2 Å². The summed E-state index contributed by atoms with van der Waals surface area (Å²) in [6.45, 7) is 0. The molecule has 61 heavy (non-hydrogen) atoms. The molecule has 13 rings (SSSR count). The molecule has 0 bridgehead atoms. The second-order valence-electron chi connectivity index (χ2n) is 15.7.